The first-order valence-corrected chi connectivity index (χ1v) is 12.9. The average molecular weight is 553 g/mol. The number of nitrogens with one attached hydrogen (secondary N) is 2. The number of benzene rings is 3. The second-order valence-corrected chi connectivity index (χ2v) is 10.2. The van der Waals surface area contributed by atoms with Crippen LogP contribution in [-0.2, 0) is 16.3 Å². The second-order valence-electron chi connectivity index (χ2n) is 7.94. The average Bonchev–Trinajstić information content (AvgIpc) is 3.37. The Hall–Kier alpha value is -3.11. The Morgan fingerprint density at radius 3 is 2.22 bits per heavy atom. The molecule has 4 aromatic rings. The van der Waals surface area contributed by atoms with Crippen molar-refractivity contribution in [2.24, 2.45) is 0 Å². The van der Waals surface area contributed by atoms with Crippen molar-refractivity contribution >= 4 is 67.3 Å². The highest BCUT2D eigenvalue weighted by Gasteiger charge is 2.31. The third-order valence-electron chi connectivity index (χ3n) is 5.33. The van der Waals surface area contributed by atoms with E-state index in [0.29, 0.717) is 21.9 Å². The van der Waals surface area contributed by atoms with Gasteiger partial charge in [0.1, 0.15) is 0 Å². The molecule has 1 aromatic heterocycles. The van der Waals surface area contributed by atoms with E-state index in [1.54, 1.807) is 12.1 Å². The fraction of sp³-hybridized carbons (Fsp3) is 0.0800. The molecule has 2 heterocycles. The van der Waals surface area contributed by atoms with Gasteiger partial charge in [0.25, 0.3) is 0 Å². The Morgan fingerprint density at radius 1 is 0.972 bits per heavy atom. The number of rotatable bonds is 2. The molecule has 0 radical (unpaired) electrons. The van der Waals surface area contributed by atoms with E-state index in [1.165, 1.54) is 12.1 Å². The Morgan fingerprint density at radius 2 is 1.58 bits per heavy atom. The summed E-state index contributed by atoms with van der Waals surface area (Å²) in [5.74, 6) is 0. The molecule has 3 aromatic carbocycles. The minimum atomic E-state index is -4.40. The zero-order valence-corrected chi connectivity index (χ0v) is 20.8. The highest BCUT2D eigenvalue weighted by atomic mass is 35.5. The number of aromatic nitrogens is 1. The van der Waals surface area contributed by atoms with Crippen LogP contribution in [0.3, 0.4) is 0 Å². The van der Waals surface area contributed by atoms with E-state index in [4.69, 9.17) is 36.2 Å². The Balaban J connectivity index is 0.000000556. The first-order chi connectivity index (χ1) is 16.8. The van der Waals surface area contributed by atoms with Gasteiger partial charge in [0.15, 0.2) is 6.21 Å². The van der Waals surface area contributed by atoms with Crippen LogP contribution in [0.2, 0.25) is 10.0 Å². The third-order valence-corrected chi connectivity index (χ3v) is 5.80. The van der Waals surface area contributed by atoms with Crippen molar-refractivity contribution < 1.29 is 31.1 Å². The van der Waals surface area contributed by atoms with Gasteiger partial charge in [-0.15, -0.1) is 0 Å². The van der Waals surface area contributed by atoms with Crippen LogP contribution in [-0.4, -0.2) is 30.4 Å². The van der Waals surface area contributed by atoms with E-state index in [2.05, 4.69) is 9.98 Å². The van der Waals surface area contributed by atoms with Crippen LogP contribution in [0.4, 0.5) is 18.9 Å². The topological polar surface area (TPSA) is 87.0 Å². The summed E-state index contributed by atoms with van der Waals surface area (Å²) in [6.45, 7) is 0. The zero-order chi connectivity index (χ0) is 26.3. The molecule has 1 aliphatic rings. The zero-order valence-electron chi connectivity index (χ0n) is 18.5. The fourth-order valence-corrected chi connectivity index (χ4v) is 4.24. The Labute approximate surface area is 214 Å². The number of hydrogen-bond acceptors (Lipinski definition) is 3. The van der Waals surface area contributed by atoms with E-state index >= 15 is 0 Å². The van der Waals surface area contributed by atoms with Crippen molar-refractivity contribution in [3.63, 3.8) is 0 Å². The predicted molar refractivity (Wildman–Crippen MR) is 134 cm³/mol. The van der Waals surface area contributed by atoms with E-state index in [1.807, 2.05) is 36.7 Å². The van der Waals surface area contributed by atoms with Gasteiger partial charge in [0.05, 0.1) is 26.8 Å². The second kappa shape index (κ2) is 9.74. The van der Waals surface area contributed by atoms with Gasteiger partial charge in [-0.1, -0.05) is 41.4 Å². The maximum absolute atomic E-state index is 13.1. The number of allylic oxidation sites excluding steroid dienone is 1. The number of halogens is 5. The van der Waals surface area contributed by atoms with E-state index in [0.717, 1.165) is 51.0 Å². The minimum absolute atomic E-state index is 0.596. The van der Waals surface area contributed by atoms with Crippen LogP contribution >= 0.6 is 23.2 Å². The molecule has 11 heteroatoms. The van der Waals surface area contributed by atoms with E-state index < -0.39 is 21.9 Å². The SMILES string of the molecule is CS(=O)(=O)[O-].FC(F)(F)c1ccc(C(=C2C=[NH+]c3cc(Cl)ccc32)c2c[nH]c3cc(Cl)ccc23)cc1. The van der Waals surface area contributed by atoms with Crippen molar-refractivity contribution in [3.05, 3.63) is 99.2 Å². The summed E-state index contributed by atoms with van der Waals surface area (Å²) in [6.07, 6.45) is -0.0910. The molecule has 0 bridgehead atoms. The van der Waals surface area contributed by atoms with Gasteiger partial charge in [-0.05, 0) is 42.0 Å². The van der Waals surface area contributed by atoms with Crippen molar-refractivity contribution in [1.82, 2.24) is 4.98 Å². The Bertz CT molecular complexity index is 1620. The number of aromatic amines is 1. The van der Waals surface area contributed by atoms with E-state index in [-0.39, 0.29) is 0 Å². The lowest BCUT2D eigenvalue weighted by molar-refractivity contribution is -0.342. The molecular weight excluding hydrogens is 536 g/mol. The molecule has 0 saturated carbocycles. The maximum atomic E-state index is 13.1. The number of alkyl halides is 3. The molecule has 5 rings (SSSR count). The molecule has 2 N–H and O–H groups in total. The summed E-state index contributed by atoms with van der Waals surface area (Å²) < 4.78 is 66.6. The lowest BCUT2D eigenvalue weighted by Crippen LogP contribution is -2.58. The smallest absolute Gasteiger partial charge is 0.416 e. The van der Waals surface area contributed by atoms with Crippen LogP contribution in [0.15, 0.2) is 66.9 Å². The monoisotopic (exact) mass is 552 g/mol. The van der Waals surface area contributed by atoms with Crippen LogP contribution in [0.1, 0.15) is 22.3 Å². The van der Waals surface area contributed by atoms with Gasteiger partial charge >= 0.3 is 6.18 Å². The summed E-state index contributed by atoms with van der Waals surface area (Å²) >= 11 is 12.3. The molecule has 0 atom stereocenters. The minimum Gasteiger partial charge on any atom is -0.748 e. The highest BCUT2D eigenvalue weighted by Crippen LogP contribution is 2.39. The molecule has 5 nitrogen and oxygen atoms in total. The standard InChI is InChI=1S/C24H13Cl2F3N2.CH4O3S/c25-15-5-7-17-19(11-30-21(17)9-15)23(13-1-3-14(4-2-13)24(27,28)29)20-12-31-22-10-16(26)6-8-18(20)22;1-5(2,3)4/h1-12,30H;1H3,(H,2,3,4). The van der Waals surface area contributed by atoms with Crippen molar-refractivity contribution in [1.29, 1.82) is 0 Å². The van der Waals surface area contributed by atoms with Gasteiger partial charge in [-0.2, -0.15) is 13.2 Å². The summed E-state index contributed by atoms with van der Waals surface area (Å²) in [5, 5.41) is 2.11. The lowest BCUT2D eigenvalue weighted by atomic mass is 9.89. The van der Waals surface area contributed by atoms with Gasteiger partial charge in [0.2, 0.25) is 5.69 Å². The molecule has 0 saturated heterocycles. The summed E-state index contributed by atoms with van der Waals surface area (Å²) in [7, 11) is -3.92. The van der Waals surface area contributed by atoms with Crippen LogP contribution in [0.5, 0.6) is 0 Å². The highest BCUT2D eigenvalue weighted by molar-refractivity contribution is 7.84. The van der Waals surface area contributed by atoms with Crippen LogP contribution in [0.25, 0.3) is 22.0 Å². The molecule has 0 aliphatic carbocycles. The molecule has 0 spiro atoms. The number of H-pyrrole nitrogens is 1. The Kier molecular flexibility index (Phi) is 7.03. The third kappa shape index (κ3) is 5.82. The fourth-order valence-electron chi connectivity index (χ4n) is 3.89. The largest absolute Gasteiger partial charge is 0.748 e. The molecule has 186 valence electrons. The van der Waals surface area contributed by atoms with E-state index in [9.17, 15) is 13.2 Å². The summed E-state index contributed by atoms with van der Waals surface area (Å²) in [4.78, 5) is 6.43. The molecule has 0 fully saturated rings. The maximum Gasteiger partial charge on any atom is 0.416 e. The first kappa shape index (κ1) is 26.0. The van der Waals surface area contributed by atoms with Gasteiger partial charge in [-0.3, -0.25) is 0 Å². The molecule has 1 aliphatic heterocycles. The van der Waals surface area contributed by atoms with Crippen molar-refractivity contribution in [2.45, 2.75) is 6.18 Å². The van der Waals surface area contributed by atoms with Crippen LogP contribution in [0, 0.1) is 0 Å². The number of fused-ring (bicyclic) bond motifs is 2. The van der Waals surface area contributed by atoms with Gasteiger partial charge < -0.3 is 9.54 Å². The first-order valence-electron chi connectivity index (χ1n) is 10.3. The summed E-state index contributed by atoms with van der Waals surface area (Å²) in [6, 6.07) is 16.2. The van der Waals surface area contributed by atoms with Crippen molar-refractivity contribution in [2.75, 3.05) is 6.26 Å². The molecule has 0 amide bonds. The van der Waals surface area contributed by atoms with Gasteiger partial charge in [0, 0.05) is 50.6 Å². The van der Waals surface area contributed by atoms with Gasteiger partial charge in [-0.25, -0.2) is 13.4 Å². The molecule has 0 unspecified atom stereocenters. The normalized spacial score (nSPS) is 14.4. The molecule has 36 heavy (non-hydrogen) atoms. The predicted octanol–water partition coefficient (Wildman–Crippen LogP) is 5.41. The summed E-state index contributed by atoms with van der Waals surface area (Å²) in [5.41, 5.74) is 5.11. The number of hydrogen-bond donors (Lipinski definition) is 2. The lowest BCUT2D eigenvalue weighted by Gasteiger charge is -2.12. The quantitative estimate of drug-likeness (QED) is 0.326. The van der Waals surface area contributed by atoms with Crippen molar-refractivity contribution in [3.8, 4) is 0 Å². The van der Waals surface area contributed by atoms with Crippen LogP contribution < -0.4 is 4.99 Å². The molecular formula is C25H17Cl2F3N2O3S.